The number of hydrogen-bond acceptors (Lipinski definition) is 6. The number of guanidine groups is 1. The van der Waals surface area contributed by atoms with Crippen molar-refractivity contribution in [3.8, 4) is 0 Å². The molecule has 1 aromatic rings. The summed E-state index contributed by atoms with van der Waals surface area (Å²) in [5, 5.41) is 7.64. The molecule has 0 aliphatic carbocycles. The SMILES string of the molecule is Cc1nc(CNC(=NCC(=O)N(C)C)NCCCN2CCOCC2)sc1C. The van der Waals surface area contributed by atoms with Crippen molar-refractivity contribution in [1.82, 2.24) is 25.4 Å². The maximum atomic E-state index is 11.8. The van der Waals surface area contributed by atoms with Crippen LogP contribution in [0.5, 0.6) is 0 Å². The molecule has 0 radical (unpaired) electrons. The topological polar surface area (TPSA) is 82.1 Å². The Morgan fingerprint density at radius 1 is 1.30 bits per heavy atom. The fourth-order valence-corrected chi connectivity index (χ4v) is 3.44. The molecule has 0 aromatic carbocycles. The normalized spacial score (nSPS) is 15.6. The molecule has 27 heavy (non-hydrogen) atoms. The number of rotatable bonds is 8. The molecule has 152 valence electrons. The summed E-state index contributed by atoms with van der Waals surface area (Å²) in [6.45, 7) is 10.3. The predicted octanol–water partition coefficient (Wildman–Crippen LogP) is 0.606. The van der Waals surface area contributed by atoms with E-state index in [0.29, 0.717) is 12.5 Å². The molecular weight excluding hydrogens is 364 g/mol. The Morgan fingerprint density at radius 3 is 2.67 bits per heavy atom. The first-order chi connectivity index (χ1) is 13.0. The van der Waals surface area contributed by atoms with E-state index in [0.717, 1.165) is 56.5 Å². The lowest BCUT2D eigenvalue weighted by atomic mass is 10.3. The lowest BCUT2D eigenvalue weighted by Crippen LogP contribution is -2.41. The minimum atomic E-state index is -0.0228. The van der Waals surface area contributed by atoms with Gasteiger partial charge < -0.3 is 20.3 Å². The second kappa shape index (κ2) is 11.2. The number of nitrogens with one attached hydrogen (secondary N) is 2. The van der Waals surface area contributed by atoms with E-state index in [1.807, 2.05) is 6.92 Å². The van der Waals surface area contributed by atoms with Gasteiger partial charge in [0.1, 0.15) is 11.6 Å². The number of nitrogens with zero attached hydrogens (tertiary/aromatic N) is 4. The lowest BCUT2D eigenvalue weighted by Gasteiger charge is -2.26. The molecule has 1 aliphatic heterocycles. The largest absolute Gasteiger partial charge is 0.379 e. The van der Waals surface area contributed by atoms with Gasteiger partial charge in [0.05, 0.1) is 25.5 Å². The first-order valence-corrected chi connectivity index (χ1v) is 10.2. The summed E-state index contributed by atoms with van der Waals surface area (Å²) in [6, 6.07) is 0. The molecule has 0 unspecified atom stereocenters. The third-order valence-corrected chi connectivity index (χ3v) is 5.47. The standard InChI is InChI=1S/C18H32N6O2S/c1-14-15(2)27-16(22-14)12-20-18(21-13-17(25)23(3)4)19-6-5-7-24-8-10-26-11-9-24/h5-13H2,1-4H3,(H2,19,20,21). The zero-order valence-corrected chi connectivity index (χ0v) is 17.7. The van der Waals surface area contributed by atoms with Gasteiger partial charge in [0, 0.05) is 38.6 Å². The monoisotopic (exact) mass is 396 g/mol. The molecule has 0 atom stereocenters. The number of aromatic nitrogens is 1. The van der Waals surface area contributed by atoms with Gasteiger partial charge in [-0.1, -0.05) is 0 Å². The zero-order chi connectivity index (χ0) is 19.6. The highest BCUT2D eigenvalue weighted by atomic mass is 32.1. The van der Waals surface area contributed by atoms with Crippen LogP contribution in [0.1, 0.15) is 22.0 Å². The first kappa shape index (κ1) is 21.6. The van der Waals surface area contributed by atoms with Gasteiger partial charge in [-0.3, -0.25) is 9.69 Å². The van der Waals surface area contributed by atoms with Gasteiger partial charge in [0.15, 0.2) is 5.96 Å². The van der Waals surface area contributed by atoms with Crippen molar-refractivity contribution in [3.63, 3.8) is 0 Å². The van der Waals surface area contributed by atoms with Crippen LogP contribution in [-0.4, -0.2) is 86.7 Å². The molecule has 9 heteroatoms. The fourth-order valence-electron chi connectivity index (χ4n) is 2.57. The highest BCUT2D eigenvalue weighted by Gasteiger charge is 2.10. The molecule has 2 rings (SSSR count). The number of amides is 1. The molecular formula is C18H32N6O2S. The molecule has 0 saturated carbocycles. The van der Waals surface area contributed by atoms with Crippen molar-refractivity contribution in [1.29, 1.82) is 0 Å². The molecule has 1 aromatic heterocycles. The Kier molecular flexibility index (Phi) is 8.96. The predicted molar refractivity (Wildman–Crippen MR) is 109 cm³/mol. The Labute approximate surface area is 166 Å². The summed E-state index contributed by atoms with van der Waals surface area (Å²) < 4.78 is 5.37. The van der Waals surface area contributed by atoms with E-state index in [-0.39, 0.29) is 12.5 Å². The van der Waals surface area contributed by atoms with Crippen molar-refractivity contribution in [2.24, 2.45) is 4.99 Å². The number of thiazole rings is 1. The Balaban J connectivity index is 1.82. The van der Waals surface area contributed by atoms with Gasteiger partial charge in [0.2, 0.25) is 5.91 Å². The second-order valence-corrected chi connectivity index (χ2v) is 8.08. The Morgan fingerprint density at radius 2 is 2.04 bits per heavy atom. The Bertz CT molecular complexity index is 606. The van der Waals surface area contributed by atoms with Gasteiger partial charge in [-0.2, -0.15) is 0 Å². The molecule has 0 bridgehead atoms. The molecule has 2 N–H and O–H groups in total. The molecule has 1 saturated heterocycles. The van der Waals surface area contributed by atoms with E-state index in [2.05, 4.69) is 32.4 Å². The van der Waals surface area contributed by atoms with Crippen LogP contribution in [0.2, 0.25) is 0 Å². The van der Waals surface area contributed by atoms with Crippen LogP contribution in [0.4, 0.5) is 0 Å². The van der Waals surface area contributed by atoms with Crippen molar-refractivity contribution in [3.05, 3.63) is 15.6 Å². The van der Waals surface area contributed by atoms with Crippen LogP contribution in [0, 0.1) is 13.8 Å². The third-order valence-electron chi connectivity index (χ3n) is 4.40. The maximum Gasteiger partial charge on any atom is 0.243 e. The van der Waals surface area contributed by atoms with Crippen LogP contribution >= 0.6 is 11.3 Å². The van der Waals surface area contributed by atoms with Gasteiger partial charge in [-0.15, -0.1) is 11.3 Å². The smallest absolute Gasteiger partial charge is 0.243 e. The van der Waals surface area contributed by atoms with Gasteiger partial charge in [-0.05, 0) is 26.8 Å². The molecule has 0 spiro atoms. The number of hydrogen-bond donors (Lipinski definition) is 2. The summed E-state index contributed by atoms with van der Waals surface area (Å²) >= 11 is 1.68. The van der Waals surface area contributed by atoms with Crippen molar-refractivity contribution in [2.45, 2.75) is 26.8 Å². The molecule has 8 nitrogen and oxygen atoms in total. The minimum absolute atomic E-state index is 0.0228. The van der Waals surface area contributed by atoms with E-state index in [4.69, 9.17) is 4.74 Å². The van der Waals surface area contributed by atoms with E-state index in [9.17, 15) is 4.79 Å². The van der Waals surface area contributed by atoms with Gasteiger partial charge >= 0.3 is 0 Å². The number of aliphatic imine (C=N–C) groups is 1. The highest BCUT2D eigenvalue weighted by Crippen LogP contribution is 2.15. The molecule has 1 amide bonds. The van der Waals surface area contributed by atoms with E-state index in [1.54, 1.807) is 30.3 Å². The maximum absolute atomic E-state index is 11.8. The Hall–Kier alpha value is -1.71. The fraction of sp³-hybridized carbons (Fsp3) is 0.722. The molecule has 2 heterocycles. The summed E-state index contributed by atoms with van der Waals surface area (Å²) in [5.74, 6) is 0.628. The van der Waals surface area contributed by atoms with Crippen LogP contribution in [0.15, 0.2) is 4.99 Å². The van der Waals surface area contributed by atoms with Crippen LogP contribution in [0.3, 0.4) is 0 Å². The average Bonchev–Trinajstić information content (AvgIpc) is 2.98. The zero-order valence-electron chi connectivity index (χ0n) is 16.9. The summed E-state index contributed by atoms with van der Waals surface area (Å²) in [7, 11) is 3.48. The molecule has 1 fully saturated rings. The first-order valence-electron chi connectivity index (χ1n) is 9.41. The van der Waals surface area contributed by atoms with Crippen LogP contribution in [0.25, 0.3) is 0 Å². The molecule has 1 aliphatic rings. The second-order valence-electron chi connectivity index (χ2n) is 6.79. The number of likely N-dealkylation sites (N-methyl/N-ethyl adjacent to an activating group) is 1. The number of carbonyl (C=O) groups is 1. The van der Waals surface area contributed by atoms with Crippen molar-refractivity contribution < 1.29 is 9.53 Å². The van der Waals surface area contributed by atoms with E-state index < -0.39 is 0 Å². The number of aryl methyl sites for hydroxylation is 2. The van der Waals surface area contributed by atoms with Gasteiger partial charge in [0.25, 0.3) is 0 Å². The summed E-state index contributed by atoms with van der Waals surface area (Å²) in [5.41, 5.74) is 1.07. The van der Waals surface area contributed by atoms with E-state index in [1.165, 1.54) is 4.88 Å². The van der Waals surface area contributed by atoms with Crippen LogP contribution < -0.4 is 10.6 Å². The highest BCUT2D eigenvalue weighted by molar-refractivity contribution is 7.11. The van der Waals surface area contributed by atoms with E-state index >= 15 is 0 Å². The van der Waals surface area contributed by atoms with Gasteiger partial charge in [-0.25, -0.2) is 9.98 Å². The number of morpholine rings is 1. The van der Waals surface area contributed by atoms with Crippen LogP contribution in [-0.2, 0) is 16.1 Å². The summed E-state index contributed by atoms with van der Waals surface area (Å²) in [4.78, 5) is 26.0. The number of carbonyl (C=O) groups excluding carboxylic acids is 1. The quantitative estimate of drug-likeness (QED) is 0.381. The third kappa shape index (κ3) is 7.82. The summed E-state index contributed by atoms with van der Waals surface area (Å²) in [6.07, 6.45) is 1.01. The minimum Gasteiger partial charge on any atom is -0.379 e. The number of ether oxygens (including phenoxy) is 1. The average molecular weight is 397 g/mol. The van der Waals surface area contributed by atoms with Crippen molar-refractivity contribution in [2.75, 3.05) is 60.0 Å². The van der Waals surface area contributed by atoms with Crippen molar-refractivity contribution >= 4 is 23.2 Å². The lowest BCUT2D eigenvalue weighted by molar-refractivity contribution is -0.127.